The second-order valence-electron chi connectivity index (χ2n) is 5.75. The highest BCUT2D eigenvalue weighted by Crippen LogP contribution is 2.37. The van der Waals surface area contributed by atoms with Crippen molar-refractivity contribution in [3.8, 4) is 28.6 Å². The van der Waals surface area contributed by atoms with Crippen molar-refractivity contribution in [3.05, 3.63) is 47.5 Å². The Balaban J connectivity index is 2.25. The quantitative estimate of drug-likeness (QED) is 0.677. The minimum Gasteiger partial charge on any atom is -0.504 e. The molecule has 24 heavy (non-hydrogen) atoms. The van der Waals surface area contributed by atoms with Crippen LogP contribution in [-0.4, -0.2) is 18.8 Å². The first kappa shape index (κ1) is 16.1. The number of aryl methyl sites for hydroxylation is 2. The van der Waals surface area contributed by atoms with Crippen LogP contribution in [-0.2, 0) is 0 Å². The highest BCUT2D eigenvalue weighted by atomic mass is 16.5. The third-order valence-electron chi connectivity index (χ3n) is 3.92. The van der Waals surface area contributed by atoms with E-state index in [0.717, 1.165) is 33.4 Å². The molecule has 0 fully saturated rings. The third kappa shape index (κ3) is 2.87. The van der Waals surface area contributed by atoms with Crippen LogP contribution >= 0.6 is 0 Å². The average Bonchev–Trinajstić information content (AvgIpc) is 2.56. The van der Waals surface area contributed by atoms with Gasteiger partial charge in [-0.25, -0.2) is 4.42 Å². The van der Waals surface area contributed by atoms with E-state index in [2.05, 4.69) is 19.1 Å². The third-order valence-corrected chi connectivity index (χ3v) is 3.92. The van der Waals surface area contributed by atoms with Crippen molar-refractivity contribution in [1.82, 2.24) is 0 Å². The van der Waals surface area contributed by atoms with Crippen LogP contribution in [0.5, 0.6) is 17.2 Å². The maximum Gasteiger partial charge on any atom is 0.367 e. The van der Waals surface area contributed by atoms with Crippen LogP contribution in [0.1, 0.15) is 18.1 Å². The zero-order valence-electron chi connectivity index (χ0n) is 14.3. The fraction of sp³-hybridized carbons (Fsp3) is 0.250. The Morgan fingerprint density at radius 2 is 1.83 bits per heavy atom. The van der Waals surface area contributed by atoms with Gasteiger partial charge in [0.2, 0.25) is 0 Å². The van der Waals surface area contributed by atoms with Crippen LogP contribution in [0.15, 0.2) is 40.8 Å². The number of benzene rings is 2. The predicted octanol–water partition coefficient (Wildman–Crippen LogP) is 5.11. The molecule has 0 spiro atoms. The number of fused-ring (bicyclic) bond motifs is 1. The SMILES string of the molecule is CCOc1cc(-c2ccc(O)c(OC)c2)[o+]c2c(C)cc(C)cc12. The van der Waals surface area contributed by atoms with Gasteiger partial charge < -0.3 is 14.6 Å². The lowest BCUT2D eigenvalue weighted by Crippen LogP contribution is -1.95. The van der Waals surface area contributed by atoms with Gasteiger partial charge in [0.15, 0.2) is 11.5 Å². The first-order valence-electron chi connectivity index (χ1n) is 7.91. The summed E-state index contributed by atoms with van der Waals surface area (Å²) < 4.78 is 17.2. The Labute approximate surface area is 141 Å². The van der Waals surface area contributed by atoms with E-state index in [9.17, 15) is 5.11 Å². The normalized spacial score (nSPS) is 10.8. The van der Waals surface area contributed by atoms with Gasteiger partial charge in [-0.2, -0.15) is 0 Å². The minimum atomic E-state index is 0.0962. The van der Waals surface area contributed by atoms with Crippen LogP contribution in [0.4, 0.5) is 0 Å². The standard InChI is InChI=1S/C20H20O4/c1-5-23-18-11-17(14-6-7-16(21)19(10-14)22-4)24-20-13(3)8-12(2)9-15(18)20/h6-11H,5H2,1-4H3/p+1. The number of hydrogen-bond acceptors (Lipinski definition) is 3. The van der Waals surface area contributed by atoms with E-state index < -0.39 is 0 Å². The summed E-state index contributed by atoms with van der Waals surface area (Å²) in [5.41, 5.74) is 3.83. The molecule has 0 atom stereocenters. The highest BCUT2D eigenvalue weighted by Gasteiger charge is 2.23. The predicted molar refractivity (Wildman–Crippen MR) is 94.9 cm³/mol. The number of ether oxygens (including phenoxy) is 2. The molecule has 0 amide bonds. The van der Waals surface area contributed by atoms with Crippen LogP contribution in [0.3, 0.4) is 0 Å². The fourth-order valence-corrected chi connectivity index (χ4v) is 2.86. The summed E-state index contributed by atoms with van der Waals surface area (Å²) in [6.07, 6.45) is 0. The Morgan fingerprint density at radius 3 is 2.54 bits per heavy atom. The van der Waals surface area contributed by atoms with E-state index in [1.54, 1.807) is 18.2 Å². The molecule has 1 aromatic heterocycles. The maximum atomic E-state index is 9.79. The monoisotopic (exact) mass is 325 g/mol. The first-order chi connectivity index (χ1) is 11.5. The van der Waals surface area contributed by atoms with E-state index in [1.165, 1.54) is 7.11 Å². The molecule has 3 rings (SSSR count). The second-order valence-corrected chi connectivity index (χ2v) is 5.75. The van der Waals surface area contributed by atoms with Gasteiger partial charge in [0.25, 0.3) is 0 Å². The Hall–Kier alpha value is -2.75. The Morgan fingerprint density at radius 1 is 1.04 bits per heavy atom. The number of hydrogen-bond donors (Lipinski definition) is 1. The summed E-state index contributed by atoms with van der Waals surface area (Å²) in [4.78, 5) is 0. The molecule has 0 aliphatic heterocycles. The van der Waals surface area contributed by atoms with E-state index in [4.69, 9.17) is 13.9 Å². The van der Waals surface area contributed by atoms with Crippen molar-refractivity contribution in [2.45, 2.75) is 20.8 Å². The molecule has 0 unspecified atom stereocenters. The van der Waals surface area contributed by atoms with Crippen molar-refractivity contribution in [2.24, 2.45) is 0 Å². The van der Waals surface area contributed by atoms with Gasteiger partial charge in [0, 0.05) is 6.07 Å². The number of phenolic OH excluding ortho intramolecular Hbond substituents is 1. The van der Waals surface area contributed by atoms with Gasteiger partial charge in [-0.3, -0.25) is 0 Å². The average molecular weight is 325 g/mol. The highest BCUT2D eigenvalue weighted by molar-refractivity contribution is 5.88. The Bertz CT molecular complexity index is 900. The minimum absolute atomic E-state index is 0.0962. The van der Waals surface area contributed by atoms with Gasteiger partial charge >= 0.3 is 11.3 Å². The number of rotatable bonds is 4. The number of phenols is 1. The molecule has 3 aromatic rings. The lowest BCUT2D eigenvalue weighted by molar-refractivity contribution is 0.342. The lowest BCUT2D eigenvalue weighted by atomic mass is 10.1. The van der Waals surface area contributed by atoms with Crippen molar-refractivity contribution in [3.63, 3.8) is 0 Å². The van der Waals surface area contributed by atoms with Crippen molar-refractivity contribution in [1.29, 1.82) is 0 Å². The number of aromatic hydroxyl groups is 1. The van der Waals surface area contributed by atoms with Crippen LogP contribution in [0.2, 0.25) is 0 Å². The summed E-state index contributed by atoms with van der Waals surface area (Å²) >= 11 is 0. The van der Waals surface area contributed by atoms with Gasteiger partial charge in [-0.1, -0.05) is 0 Å². The molecule has 1 N–H and O–H groups in total. The molecule has 1 heterocycles. The second kappa shape index (κ2) is 6.40. The smallest absolute Gasteiger partial charge is 0.367 e. The van der Waals surface area contributed by atoms with Gasteiger partial charge in [-0.05, 0) is 50.6 Å². The van der Waals surface area contributed by atoms with Crippen molar-refractivity contribution < 1.29 is 19.0 Å². The molecular formula is C20H21O4+. The van der Waals surface area contributed by atoms with Crippen LogP contribution < -0.4 is 9.47 Å². The molecule has 4 heteroatoms. The van der Waals surface area contributed by atoms with Crippen LogP contribution in [0, 0.1) is 13.8 Å². The van der Waals surface area contributed by atoms with Gasteiger partial charge in [-0.15, -0.1) is 0 Å². The summed E-state index contributed by atoms with van der Waals surface area (Å²) in [6.45, 7) is 6.61. The topological polar surface area (TPSA) is 50.0 Å². The van der Waals surface area contributed by atoms with E-state index >= 15 is 0 Å². The molecule has 124 valence electrons. The summed E-state index contributed by atoms with van der Waals surface area (Å²) in [5, 5.41) is 10.7. The zero-order chi connectivity index (χ0) is 17.3. The van der Waals surface area contributed by atoms with Gasteiger partial charge in [0.05, 0.1) is 30.9 Å². The zero-order valence-corrected chi connectivity index (χ0v) is 14.3. The molecular weight excluding hydrogens is 304 g/mol. The van der Waals surface area contributed by atoms with Crippen molar-refractivity contribution >= 4 is 11.0 Å². The molecule has 2 aromatic carbocycles. The molecule has 0 saturated heterocycles. The molecule has 0 aliphatic rings. The molecule has 0 aliphatic carbocycles. The Kier molecular flexibility index (Phi) is 4.30. The largest absolute Gasteiger partial charge is 0.504 e. The van der Waals surface area contributed by atoms with Crippen LogP contribution in [0.25, 0.3) is 22.3 Å². The van der Waals surface area contributed by atoms with E-state index in [-0.39, 0.29) is 5.75 Å². The molecule has 0 saturated carbocycles. The molecule has 0 bridgehead atoms. The molecule has 4 nitrogen and oxygen atoms in total. The summed E-state index contributed by atoms with van der Waals surface area (Å²) in [7, 11) is 1.52. The van der Waals surface area contributed by atoms with E-state index in [1.807, 2.05) is 19.9 Å². The van der Waals surface area contributed by atoms with Crippen molar-refractivity contribution in [2.75, 3.05) is 13.7 Å². The first-order valence-corrected chi connectivity index (χ1v) is 7.91. The fourth-order valence-electron chi connectivity index (χ4n) is 2.86. The van der Waals surface area contributed by atoms with Gasteiger partial charge in [0.1, 0.15) is 11.1 Å². The lowest BCUT2D eigenvalue weighted by Gasteiger charge is -2.07. The molecule has 0 radical (unpaired) electrons. The van der Waals surface area contributed by atoms with E-state index in [0.29, 0.717) is 18.1 Å². The maximum absolute atomic E-state index is 9.79. The summed E-state index contributed by atoms with van der Waals surface area (Å²) in [6, 6.07) is 11.2. The summed E-state index contributed by atoms with van der Waals surface area (Å²) in [5.74, 6) is 1.95. The number of methoxy groups -OCH3 is 1.